The van der Waals surface area contributed by atoms with Crippen LogP contribution in [0.4, 0.5) is 14.5 Å². The van der Waals surface area contributed by atoms with E-state index in [0.717, 1.165) is 36.4 Å². The van der Waals surface area contributed by atoms with Crippen molar-refractivity contribution in [1.82, 2.24) is 24.5 Å². The number of aromatic nitrogens is 4. The highest BCUT2D eigenvalue weighted by atomic mass is 32.2. The molecule has 0 aliphatic carbocycles. The van der Waals surface area contributed by atoms with Gasteiger partial charge in [0, 0.05) is 24.7 Å². The second-order valence-corrected chi connectivity index (χ2v) is 8.90. The van der Waals surface area contributed by atoms with Crippen molar-refractivity contribution in [2.45, 2.75) is 31.5 Å². The fraction of sp³-hybridized carbons (Fsp3) is 0.261. The van der Waals surface area contributed by atoms with Gasteiger partial charge < -0.3 is 10.6 Å². The molecule has 0 aliphatic rings. The lowest BCUT2D eigenvalue weighted by Gasteiger charge is -2.13. The first-order valence-corrected chi connectivity index (χ1v) is 11.7. The molecule has 0 saturated heterocycles. The van der Waals surface area contributed by atoms with Crippen molar-refractivity contribution in [2.24, 2.45) is 7.05 Å². The summed E-state index contributed by atoms with van der Waals surface area (Å²) in [7, 11) is 1.54. The van der Waals surface area contributed by atoms with E-state index in [9.17, 15) is 23.2 Å². The van der Waals surface area contributed by atoms with Gasteiger partial charge in [0.25, 0.3) is 11.5 Å². The summed E-state index contributed by atoms with van der Waals surface area (Å²) >= 11 is 0.997. The number of benzene rings is 2. The highest BCUT2D eigenvalue weighted by Crippen LogP contribution is 2.23. The third-order valence-electron chi connectivity index (χ3n) is 5.48. The third kappa shape index (κ3) is 4.87. The van der Waals surface area contributed by atoms with E-state index in [-0.39, 0.29) is 39.9 Å². The average Bonchev–Trinajstić information content (AvgIpc) is 3.27. The van der Waals surface area contributed by atoms with Crippen LogP contribution in [0, 0.1) is 11.6 Å². The molecule has 0 bridgehead atoms. The zero-order valence-electron chi connectivity index (χ0n) is 19.1. The molecule has 2 aromatic heterocycles. The maximum Gasteiger partial charge on any atom is 0.262 e. The molecule has 9 nitrogen and oxygen atoms in total. The Hall–Kier alpha value is -3.80. The normalized spacial score (nSPS) is 12.1. The molecule has 0 fully saturated rings. The largest absolute Gasteiger partial charge is 0.350 e. The van der Waals surface area contributed by atoms with Crippen molar-refractivity contribution in [3.63, 3.8) is 0 Å². The molecule has 2 aromatic carbocycles. The molecule has 0 radical (unpaired) electrons. The van der Waals surface area contributed by atoms with E-state index < -0.39 is 17.5 Å². The number of carbonyl (C=O) groups excluding carboxylic acids is 2. The van der Waals surface area contributed by atoms with Gasteiger partial charge >= 0.3 is 0 Å². The van der Waals surface area contributed by atoms with Crippen LogP contribution >= 0.6 is 11.8 Å². The van der Waals surface area contributed by atoms with E-state index in [0.29, 0.717) is 16.5 Å². The first-order chi connectivity index (χ1) is 16.7. The van der Waals surface area contributed by atoms with Gasteiger partial charge in [-0.05, 0) is 43.7 Å². The smallest absolute Gasteiger partial charge is 0.262 e. The molecule has 2 N–H and O–H groups in total. The van der Waals surface area contributed by atoms with Crippen LogP contribution in [0.3, 0.4) is 0 Å². The summed E-state index contributed by atoms with van der Waals surface area (Å²) in [5.74, 6) is -2.27. The van der Waals surface area contributed by atoms with Crippen molar-refractivity contribution in [1.29, 1.82) is 0 Å². The van der Waals surface area contributed by atoms with Crippen LogP contribution in [0.1, 0.15) is 30.6 Å². The Morgan fingerprint density at radius 2 is 1.91 bits per heavy atom. The molecule has 4 aromatic rings. The minimum atomic E-state index is -0.762. The molecule has 2 amide bonds. The molecule has 4 rings (SSSR count). The number of hydrogen-bond donors (Lipinski definition) is 2. The lowest BCUT2D eigenvalue weighted by atomic mass is 10.1. The summed E-state index contributed by atoms with van der Waals surface area (Å²) in [6.45, 7) is 3.85. The van der Waals surface area contributed by atoms with Crippen LogP contribution in [0.25, 0.3) is 16.7 Å². The minimum absolute atomic E-state index is 0.0238. The van der Waals surface area contributed by atoms with Crippen LogP contribution in [-0.2, 0) is 11.8 Å². The lowest BCUT2D eigenvalue weighted by Crippen LogP contribution is -2.32. The topological polar surface area (TPSA) is 110 Å². The predicted octanol–water partition coefficient (Wildman–Crippen LogP) is 3.12. The molecule has 0 aliphatic heterocycles. The minimum Gasteiger partial charge on any atom is -0.350 e. The Labute approximate surface area is 202 Å². The number of carbonyl (C=O) groups is 2. The SMILES string of the molecule is CC[C@H](C)NC(=O)c1ccc2c(=O)n(C)c3nnc(SCC(=O)Nc4cc(F)ccc4F)n3c2c1. The highest BCUT2D eigenvalue weighted by molar-refractivity contribution is 7.99. The van der Waals surface area contributed by atoms with Crippen LogP contribution < -0.4 is 16.2 Å². The van der Waals surface area contributed by atoms with Gasteiger partial charge in [0.05, 0.1) is 22.3 Å². The van der Waals surface area contributed by atoms with E-state index >= 15 is 0 Å². The van der Waals surface area contributed by atoms with Gasteiger partial charge in [-0.3, -0.25) is 23.4 Å². The maximum absolute atomic E-state index is 13.8. The van der Waals surface area contributed by atoms with E-state index in [1.807, 2.05) is 13.8 Å². The zero-order valence-corrected chi connectivity index (χ0v) is 19.9. The average molecular weight is 501 g/mol. The monoisotopic (exact) mass is 500 g/mol. The predicted molar refractivity (Wildman–Crippen MR) is 129 cm³/mol. The number of halogens is 2. The van der Waals surface area contributed by atoms with Gasteiger partial charge in [-0.1, -0.05) is 18.7 Å². The number of hydrogen-bond acceptors (Lipinski definition) is 6. The molecule has 182 valence electrons. The Morgan fingerprint density at radius 3 is 2.66 bits per heavy atom. The van der Waals surface area contributed by atoms with Crippen LogP contribution in [-0.4, -0.2) is 42.8 Å². The van der Waals surface area contributed by atoms with E-state index in [1.165, 1.54) is 4.57 Å². The lowest BCUT2D eigenvalue weighted by molar-refractivity contribution is -0.113. The Kier molecular flexibility index (Phi) is 6.83. The van der Waals surface area contributed by atoms with Gasteiger partial charge in [0.15, 0.2) is 5.16 Å². The molecule has 0 spiro atoms. The highest BCUT2D eigenvalue weighted by Gasteiger charge is 2.19. The number of amides is 2. The van der Waals surface area contributed by atoms with E-state index in [2.05, 4.69) is 20.8 Å². The van der Waals surface area contributed by atoms with Gasteiger partial charge in [-0.15, -0.1) is 10.2 Å². The molecular formula is C23H22F2N6O3S. The number of anilines is 1. The van der Waals surface area contributed by atoms with Gasteiger partial charge in [0.1, 0.15) is 11.6 Å². The number of thioether (sulfide) groups is 1. The number of nitrogens with zero attached hydrogens (tertiary/aromatic N) is 4. The fourth-order valence-electron chi connectivity index (χ4n) is 3.41. The molecule has 1 atom stereocenters. The van der Waals surface area contributed by atoms with E-state index in [1.54, 1.807) is 29.6 Å². The summed E-state index contributed by atoms with van der Waals surface area (Å²) in [6, 6.07) is 7.46. The van der Waals surface area contributed by atoms with E-state index in [4.69, 9.17) is 0 Å². The Balaban J connectivity index is 1.68. The van der Waals surface area contributed by atoms with Crippen LogP contribution in [0.15, 0.2) is 46.3 Å². The molecule has 35 heavy (non-hydrogen) atoms. The Bertz CT molecular complexity index is 1520. The summed E-state index contributed by atoms with van der Waals surface area (Å²) in [6.07, 6.45) is 0.762. The number of aryl methyl sites for hydroxylation is 1. The van der Waals surface area contributed by atoms with Gasteiger partial charge in [-0.25, -0.2) is 8.78 Å². The standard InChI is InChI=1S/C23H22F2N6O3S/c1-4-12(2)26-20(33)13-5-7-15-18(9-13)31-22(30(3)21(15)34)28-29-23(31)35-11-19(32)27-17-10-14(24)6-8-16(17)25/h5-10,12H,4,11H2,1-3H3,(H,26,33)(H,27,32)/t12-/m0/s1. The summed E-state index contributed by atoms with van der Waals surface area (Å²) in [4.78, 5) is 37.9. The second kappa shape index (κ2) is 9.82. The quantitative estimate of drug-likeness (QED) is 0.378. The molecule has 0 saturated carbocycles. The molecule has 12 heteroatoms. The van der Waals surface area contributed by atoms with Gasteiger partial charge in [-0.2, -0.15) is 0 Å². The first-order valence-electron chi connectivity index (χ1n) is 10.8. The maximum atomic E-state index is 13.8. The van der Waals surface area contributed by atoms with Gasteiger partial charge in [0.2, 0.25) is 11.7 Å². The van der Waals surface area contributed by atoms with Crippen molar-refractivity contribution < 1.29 is 18.4 Å². The van der Waals surface area contributed by atoms with Crippen LogP contribution in [0.5, 0.6) is 0 Å². The van der Waals surface area contributed by atoms with Crippen molar-refractivity contribution in [3.8, 4) is 0 Å². The van der Waals surface area contributed by atoms with Crippen LogP contribution in [0.2, 0.25) is 0 Å². The summed E-state index contributed by atoms with van der Waals surface area (Å²) in [5, 5.41) is 14.0. The summed E-state index contributed by atoms with van der Waals surface area (Å²) in [5.41, 5.74) is 0.177. The molecular weight excluding hydrogens is 478 g/mol. The van der Waals surface area contributed by atoms with Crippen molar-refractivity contribution in [2.75, 3.05) is 11.1 Å². The second-order valence-electron chi connectivity index (χ2n) is 7.96. The first kappa shape index (κ1) is 24.3. The summed E-state index contributed by atoms with van der Waals surface area (Å²) < 4.78 is 30.1. The third-order valence-corrected chi connectivity index (χ3v) is 6.41. The van der Waals surface area contributed by atoms with Crippen molar-refractivity contribution in [3.05, 3.63) is 63.9 Å². The zero-order chi connectivity index (χ0) is 25.3. The molecule has 2 heterocycles. The number of fused-ring (bicyclic) bond motifs is 3. The van der Waals surface area contributed by atoms with Crippen molar-refractivity contribution >= 4 is 45.9 Å². The Morgan fingerprint density at radius 1 is 1.14 bits per heavy atom. The number of nitrogens with one attached hydrogen (secondary N) is 2. The fourth-order valence-corrected chi connectivity index (χ4v) is 4.15. The number of rotatable bonds is 7. The molecule has 0 unspecified atom stereocenters.